The molecule has 1 amide bonds. The van der Waals surface area contributed by atoms with Gasteiger partial charge in [-0.05, 0) is 36.4 Å². The molecule has 3 rings (SSSR count). The molecule has 0 bridgehead atoms. The number of benzene rings is 1. The van der Waals surface area contributed by atoms with Crippen molar-refractivity contribution in [3.8, 4) is 5.75 Å². The van der Waals surface area contributed by atoms with Gasteiger partial charge in [0.1, 0.15) is 18.4 Å². The second-order valence-electron chi connectivity index (χ2n) is 6.04. The maximum atomic E-state index is 12.7. The molecule has 0 aliphatic carbocycles. The number of thiophene rings is 1. The number of ether oxygens (including phenoxy) is 2. The molecule has 1 aromatic carbocycles. The topological polar surface area (TPSA) is 99.0 Å². The smallest absolute Gasteiger partial charge is 0.328 e. The number of nitrogens with zero attached hydrogens (tertiary/aromatic N) is 2. The zero-order valence-corrected chi connectivity index (χ0v) is 15.4. The average Bonchev–Trinajstić information content (AvgIpc) is 3.35. The molecule has 0 spiro atoms. The van der Waals surface area contributed by atoms with Crippen LogP contribution >= 0.6 is 11.3 Å². The predicted molar refractivity (Wildman–Crippen MR) is 97.8 cm³/mol. The van der Waals surface area contributed by atoms with Crippen LogP contribution in [0.25, 0.3) is 0 Å². The highest BCUT2D eigenvalue weighted by Crippen LogP contribution is 2.25. The van der Waals surface area contributed by atoms with Crippen molar-refractivity contribution >= 4 is 28.9 Å². The minimum atomic E-state index is -0.524. The number of carbonyl (C=O) groups excluding carboxylic acids is 2. The van der Waals surface area contributed by atoms with E-state index in [0.717, 1.165) is 12.0 Å². The highest BCUT2D eigenvalue weighted by Gasteiger charge is 2.35. The highest BCUT2D eigenvalue weighted by molar-refractivity contribution is 7.12. The third-order valence-corrected chi connectivity index (χ3v) is 5.27. The van der Waals surface area contributed by atoms with Gasteiger partial charge in [-0.1, -0.05) is 0 Å². The molecule has 0 N–H and O–H groups in total. The Morgan fingerprint density at radius 3 is 2.74 bits per heavy atom. The average molecular weight is 390 g/mol. The van der Waals surface area contributed by atoms with Gasteiger partial charge in [0, 0.05) is 24.2 Å². The number of hydrogen-bond donors (Lipinski definition) is 0. The zero-order valence-electron chi connectivity index (χ0n) is 14.6. The summed E-state index contributed by atoms with van der Waals surface area (Å²) in [6.07, 6.45) is 1.38. The SMILES string of the molecule is COC(=O)C1CCCN1C(=O)c1cc(COc2ccc([N+](=O)[O-])cc2)cs1. The van der Waals surface area contributed by atoms with E-state index in [1.165, 1.54) is 42.7 Å². The van der Waals surface area contributed by atoms with E-state index in [9.17, 15) is 19.7 Å². The molecular weight excluding hydrogens is 372 g/mol. The molecule has 1 saturated heterocycles. The van der Waals surface area contributed by atoms with Crippen molar-refractivity contribution in [1.29, 1.82) is 0 Å². The van der Waals surface area contributed by atoms with Crippen LogP contribution in [-0.2, 0) is 16.1 Å². The number of nitro benzene ring substituents is 1. The quantitative estimate of drug-likeness (QED) is 0.427. The summed E-state index contributed by atoms with van der Waals surface area (Å²) in [7, 11) is 1.32. The van der Waals surface area contributed by atoms with Crippen LogP contribution in [0.5, 0.6) is 5.75 Å². The van der Waals surface area contributed by atoms with E-state index in [-0.39, 0.29) is 24.2 Å². The number of hydrogen-bond acceptors (Lipinski definition) is 7. The Morgan fingerprint density at radius 2 is 2.07 bits per heavy atom. The van der Waals surface area contributed by atoms with E-state index in [2.05, 4.69) is 0 Å². The molecule has 1 unspecified atom stereocenters. The lowest BCUT2D eigenvalue weighted by Crippen LogP contribution is -2.40. The van der Waals surface area contributed by atoms with Crippen LogP contribution in [0.1, 0.15) is 28.1 Å². The third kappa shape index (κ3) is 4.25. The standard InChI is InChI=1S/C18H18N2O6S/c1-25-18(22)15-3-2-8-19(15)17(21)16-9-12(11-27-16)10-26-14-6-4-13(5-7-14)20(23)24/h4-7,9,11,15H,2-3,8,10H2,1H3. The number of methoxy groups -OCH3 is 1. The summed E-state index contributed by atoms with van der Waals surface area (Å²) in [5.74, 6) is -0.0707. The minimum Gasteiger partial charge on any atom is -0.489 e. The Hall–Kier alpha value is -2.94. The van der Waals surface area contributed by atoms with Crippen LogP contribution in [-0.4, -0.2) is 41.4 Å². The molecule has 2 heterocycles. The van der Waals surface area contributed by atoms with Gasteiger partial charge >= 0.3 is 5.97 Å². The maximum Gasteiger partial charge on any atom is 0.328 e. The number of amides is 1. The van der Waals surface area contributed by atoms with Crippen LogP contribution in [0.4, 0.5) is 5.69 Å². The summed E-state index contributed by atoms with van der Waals surface area (Å²) in [5, 5.41) is 12.5. The predicted octanol–water partition coefficient (Wildman–Crippen LogP) is 3.01. The van der Waals surface area contributed by atoms with Gasteiger partial charge in [-0.2, -0.15) is 0 Å². The summed E-state index contributed by atoms with van der Waals surface area (Å²) in [5.41, 5.74) is 0.812. The van der Waals surface area contributed by atoms with Crippen molar-refractivity contribution in [2.75, 3.05) is 13.7 Å². The van der Waals surface area contributed by atoms with Gasteiger partial charge in [0.2, 0.25) is 0 Å². The number of esters is 1. The molecule has 9 heteroatoms. The third-order valence-electron chi connectivity index (χ3n) is 4.30. The lowest BCUT2D eigenvalue weighted by molar-refractivity contribution is -0.384. The van der Waals surface area contributed by atoms with Crippen LogP contribution < -0.4 is 4.74 Å². The normalized spacial score (nSPS) is 16.2. The first-order chi connectivity index (χ1) is 13.0. The summed E-state index contributed by atoms with van der Waals surface area (Å²) >= 11 is 1.29. The summed E-state index contributed by atoms with van der Waals surface area (Å²) < 4.78 is 10.4. The molecule has 1 fully saturated rings. The van der Waals surface area contributed by atoms with E-state index in [1.807, 2.05) is 5.38 Å². The van der Waals surface area contributed by atoms with Crippen molar-refractivity contribution < 1.29 is 24.0 Å². The van der Waals surface area contributed by atoms with Gasteiger partial charge in [-0.15, -0.1) is 11.3 Å². The molecule has 1 atom stereocenters. The lowest BCUT2D eigenvalue weighted by Gasteiger charge is -2.21. The molecule has 0 radical (unpaired) electrons. The molecule has 2 aromatic rings. The van der Waals surface area contributed by atoms with Crippen LogP contribution in [0.2, 0.25) is 0 Å². The number of non-ortho nitro benzene ring substituents is 1. The van der Waals surface area contributed by atoms with Crippen LogP contribution in [0.3, 0.4) is 0 Å². The van der Waals surface area contributed by atoms with E-state index < -0.39 is 11.0 Å². The molecule has 0 saturated carbocycles. The molecule has 1 aliphatic heterocycles. The number of likely N-dealkylation sites (tertiary alicyclic amines) is 1. The first kappa shape index (κ1) is 18.8. The van der Waals surface area contributed by atoms with Crippen molar-refractivity contribution in [2.24, 2.45) is 0 Å². The first-order valence-corrected chi connectivity index (χ1v) is 9.21. The van der Waals surface area contributed by atoms with Gasteiger partial charge in [0.05, 0.1) is 16.9 Å². The molecule has 1 aromatic heterocycles. The fourth-order valence-electron chi connectivity index (χ4n) is 2.93. The molecule has 27 heavy (non-hydrogen) atoms. The van der Waals surface area contributed by atoms with Crippen molar-refractivity contribution in [3.05, 3.63) is 56.3 Å². The monoisotopic (exact) mass is 390 g/mol. The summed E-state index contributed by atoms with van der Waals surface area (Å²) in [4.78, 5) is 36.8. The van der Waals surface area contributed by atoms with E-state index in [1.54, 1.807) is 11.0 Å². The van der Waals surface area contributed by atoms with Crippen molar-refractivity contribution in [2.45, 2.75) is 25.5 Å². The van der Waals surface area contributed by atoms with E-state index in [4.69, 9.17) is 9.47 Å². The number of carbonyl (C=O) groups is 2. The molecule has 8 nitrogen and oxygen atoms in total. The summed E-state index contributed by atoms with van der Waals surface area (Å²) in [6, 6.07) is 7.02. The fourth-order valence-corrected chi connectivity index (χ4v) is 3.78. The summed E-state index contributed by atoms with van der Waals surface area (Å²) in [6.45, 7) is 0.771. The Kier molecular flexibility index (Phi) is 5.70. The molecular formula is C18H18N2O6S. The molecule has 1 aliphatic rings. The van der Waals surface area contributed by atoms with Crippen molar-refractivity contribution in [3.63, 3.8) is 0 Å². The Morgan fingerprint density at radius 1 is 1.33 bits per heavy atom. The Labute approximate surface area is 159 Å². The number of nitro groups is 1. The Bertz CT molecular complexity index is 848. The van der Waals surface area contributed by atoms with Gasteiger partial charge in [-0.25, -0.2) is 4.79 Å². The van der Waals surface area contributed by atoms with Gasteiger partial charge in [0.25, 0.3) is 11.6 Å². The zero-order chi connectivity index (χ0) is 19.4. The molecule has 142 valence electrons. The van der Waals surface area contributed by atoms with Crippen molar-refractivity contribution in [1.82, 2.24) is 4.90 Å². The van der Waals surface area contributed by atoms with E-state index >= 15 is 0 Å². The van der Waals surface area contributed by atoms with Gasteiger partial charge in [-0.3, -0.25) is 14.9 Å². The van der Waals surface area contributed by atoms with Gasteiger partial charge < -0.3 is 14.4 Å². The van der Waals surface area contributed by atoms with Gasteiger partial charge in [0.15, 0.2) is 0 Å². The second kappa shape index (κ2) is 8.17. The largest absolute Gasteiger partial charge is 0.489 e. The minimum absolute atomic E-state index is 0.00320. The Balaban J connectivity index is 1.61. The lowest BCUT2D eigenvalue weighted by atomic mass is 10.2. The highest BCUT2D eigenvalue weighted by atomic mass is 32.1. The fraction of sp³-hybridized carbons (Fsp3) is 0.333. The first-order valence-electron chi connectivity index (χ1n) is 8.33. The van der Waals surface area contributed by atoms with E-state index in [0.29, 0.717) is 23.6 Å². The second-order valence-corrected chi connectivity index (χ2v) is 6.95. The van der Waals surface area contributed by atoms with Crippen LogP contribution in [0, 0.1) is 10.1 Å². The maximum absolute atomic E-state index is 12.7. The number of rotatable bonds is 6. The van der Waals surface area contributed by atoms with Crippen LogP contribution in [0.15, 0.2) is 35.7 Å².